The Morgan fingerprint density at radius 3 is 2.67 bits per heavy atom. The van der Waals surface area contributed by atoms with E-state index < -0.39 is 0 Å². The largest absolute Gasteiger partial charge is 0.355 e. The molecule has 0 aromatic carbocycles. The number of hydrogen-bond donors (Lipinski definition) is 2. The van der Waals surface area contributed by atoms with Crippen molar-refractivity contribution in [1.82, 2.24) is 10.2 Å². The third-order valence-electron chi connectivity index (χ3n) is 3.90. The molecule has 0 aromatic heterocycles. The van der Waals surface area contributed by atoms with Gasteiger partial charge in [0.1, 0.15) is 0 Å². The lowest BCUT2D eigenvalue weighted by Crippen LogP contribution is -2.41. The zero-order valence-corrected chi connectivity index (χ0v) is 12.0. The third-order valence-corrected chi connectivity index (χ3v) is 3.90. The standard InChI is InChI=1S/C14H29N3O/c1-3-4-13(11-15)14(18)16-7-10-17-8-5-12(2)6-9-17/h12-13H,3-11,15H2,1-2H3,(H,16,18). The molecule has 1 rings (SSSR count). The van der Waals surface area contributed by atoms with Crippen LogP contribution in [0.4, 0.5) is 0 Å². The molecule has 1 atom stereocenters. The molecule has 0 aliphatic carbocycles. The summed E-state index contributed by atoms with van der Waals surface area (Å²) in [4.78, 5) is 14.3. The summed E-state index contributed by atoms with van der Waals surface area (Å²) in [6, 6.07) is 0. The van der Waals surface area contributed by atoms with Gasteiger partial charge in [0.25, 0.3) is 0 Å². The average molecular weight is 255 g/mol. The van der Waals surface area contributed by atoms with Crippen LogP contribution < -0.4 is 11.1 Å². The number of carbonyl (C=O) groups is 1. The van der Waals surface area contributed by atoms with Gasteiger partial charge in [-0.15, -0.1) is 0 Å². The summed E-state index contributed by atoms with van der Waals surface area (Å²) in [5, 5.41) is 3.02. The summed E-state index contributed by atoms with van der Waals surface area (Å²) in [6.07, 6.45) is 4.48. The number of piperidine rings is 1. The van der Waals surface area contributed by atoms with E-state index in [4.69, 9.17) is 5.73 Å². The first kappa shape index (κ1) is 15.4. The molecule has 1 heterocycles. The SMILES string of the molecule is CCCC(CN)C(=O)NCCN1CCC(C)CC1. The van der Waals surface area contributed by atoms with Crippen LogP contribution in [0.5, 0.6) is 0 Å². The molecule has 1 unspecified atom stereocenters. The maximum absolute atomic E-state index is 11.8. The van der Waals surface area contributed by atoms with Crippen molar-refractivity contribution in [3.63, 3.8) is 0 Å². The summed E-state index contributed by atoms with van der Waals surface area (Å²) in [7, 11) is 0. The lowest BCUT2D eigenvalue weighted by molar-refractivity contribution is -0.125. The van der Waals surface area contributed by atoms with Crippen LogP contribution in [-0.4, -0.2) is 43.5 Å². The van der Waals surface area contributed by atoms with Gasteiger partial charge in [0.15, 0.2) is 0 Å². The molecule has 4 nitrogen and oxygen atoms in total. The highest BCUT2D eigenvalue weighted by molar-refractivity contribution is 5.78. The molecule has 0 saturated carbocycles. The van der Waals surface area contributed by atoms with Gasteiger partial charge < -0.3 is 16.0 Å². The minimum absolute atomic E-state index is 0.00335. The van der Waals surface area contributed by atoms with Crippen LogP contribution in [0.3, 0.4) is 0 Å². The summed E-state index contributed by atoms with van der Waals surface area (Å²) in [6.45, 7) is 8.94. The van der Waals surface area contributed by atoms with Crippen molar-refractivity contribution in [2.45, 2.75) is 39.5 Å². The third kappa shape index (κ3) is 5.36. The molecule has 1 fully saturated rings. The molecule has 3 N–H and O–H groups in total. The average Bonchev–Trinajstić information content (AvgIpc) is 2.38. The fourth-order valence-corrected chi connectivity index (χ4v) is 2.47. The van der Waals surface area contributed by atoms with Crippen LogP contribution >= 0.6 is 0 Å². The first-order chi connectivity index (χ1) is 8.67. The highest BCUT2D eigenvalue weighted by Crippen LogP contribution is 2.15. The number of carbonyl (C=O) groups excluding carboxylic acids is 1. The lowest BCUT2D eigenvalue weighted by Gasteiger charge is -2.30. The van der Waals surface area contributed by atoms with Crippen molar-refractivity contribution in [3.05, 3.63) is 0 Å². The van der Waals surface area contributed by atoms with Crippen LogP contribution in [0.15, 0.2) is 0 Å². The summed E-state index contributed by atoms with van der Waals surface area (Å²) < 4.78 is 0. The van der Waals surface area contributed by atoms with E-state index in [1.54, 1.807) is 0 Å². The first-order valence-corrected chi connectivity index (χ1v) is 7.37. The summed E-state index contributed by atoms with van der Waals surface area (Å²) in [5.74, 6) is 0.989. The van der Waals surface area contributed by atoms with Crippen LogP contribution in [0, 0.1) is 11.8 Å². The second-order valence-electron chi connectivity index (χ2n) is 5.54. The Morgan fingerprint density at radius 2 is 2.11 bits per heavy atom. The second kappa shape index (κ2) is 8.48. The number of likely N-dealkylation sites (tertiary alicyclic amines) is 1. The smallest absolute Gasteiger partial charge is 0.224 e. The Bertz CT molecular complexity index is 237. The van der Waals surface area contributed by atoms with Crippen molar-refractivity contribution in [2.24, 2.45) is 17.6 Å². The molecular weight excluding hydrogens is 226 g/mol. The quantitative estimate of drug-likeness (QED) is 0.719. The maximum atomic E-state index is 11.8. The van der Waals surface area contributed by atoms with Gasteiger partial charge in [0, 0.05) is 19.6 Å². The van der Waals surface area contributed by atoms with Gasteiger partial charge in [-0.2, -0.15) is 0 Å². The topological polar surface area (TPSA) is 58.4 Å². The van der Waals surface area contributed by atoms with Crippen molar-refractivity contribution < 1.29 is 4.79 Å². The van der Waals surface area contributed by atoms with Crippen LogP contribution in [0.2, 0.25) is 0 Å². The summed E-state index contributed by atoms with van der Waals surface area (Å²) >= 11 is 0. The molecule has 0 spiro atoms. The van der Waals surface area contributed by atoms with Crippen molar-refractivity contribution >= 4 is 5.91 Å². The second-order valence-corrected chi connectivity index (χ2v) is 5.54. The van der Waals surface area contributed by atoms with E-state index in [0.717, 1.165) is 31.8 Å². The molecule has 1 aliphatic rings. The molecule has 0 radical (unpaired) electrons. The van der Waals surface area contributed by atoms with Crippen molar-refractivity contribution in [3.8, 4) is 0 Å². The number of hydrogen-bond acceptors (Lipinski definition) is 3. The molecule has 106 valence electrons. The fourth-order valence-electron chi connectivity index (χ4n) is 2.47. The lowest BCUT2D eigenvalue weighted by atomic mass is 9.99. The minimum Gasteiger partial charge on any atom is -0.355 e. The zero-order chi connectivity index (χ0) is 13.4. The normalized spacial score (nSPS) is 19.7. The molecule has 1 saturated heterocycles. The Hall–Kier alpha value is -0.610. The number of nitrogens with two attached hydrogens (primary N) is 1. The van der Waals surface area contributed by atoms with Crippen molar-refractivity contribution in [1.29, 1.82) is 0 Å². The molecule has 18 heavy (non-hydrogen) atoms. The number of amides is 1. The number of rotatable bonds is 7. The molecule has 1 aliphatic heterocycles. The van der Waals surface area contributed by atoms with Gasteiger partial charge in [-0.3, -0.25) is 4.79 Å². The zero-order valence-electron chi connectivity index (χ0n) is 12.0. The van der Waals surface area contributed by atoms with E-state index in [0.29, 0.717) is 6.54 Å². The monoisotopic (exact) mass is 255 g/mol. The molecule has 0 aromatic rings. The number of nitrogens with one attached hydrogen (secondary N) is 1. The van der Waals surface area contributed by atoms with E-state index >= 15 is 0 Å². The highest BCUT2D eigenvalue weighted by Gasteiger charge is 2.17. The minimum atomic E-state index is -0.00335. The van der Waals surface area contributed by atoms with E-state index in [2.05, 4.69) is 24.1 Å². The molecule has 1 amide bonds. The van der Waals surface area contributed by atoms with Gasteiger partial charge in [-0.05, 0) is 38.3 Å². The first-order valence-electron chi connectivity index (χ1n) is 7.37. The molecular formula is C14H29N3O. The van der Waals surface area contributed by atoms with Gasteiger partial charge in [0.2, 0.25) is 5.91 Å². The van der Waals surface area contributed by atoms with Gasteiger partial charge in [-0.1, -0.05) is 20.3 Å². The van der Waals surface area contributed by atoms with E-state index in [9.17, 15) is 4.79 Å². The number of nitrogens with zero attached hydrogens (tertiary/aromatic N) is 1. The van der Waals surface area contributed by atoms with Crippen LogP contribution in [-0.2, 0) is 4.79 Å². The van der Waals surface area contributed by atoms with Crippen LogP contribution in [0.1, 0.15) is 39.5 Å². The van der Waals surface area contributed by atoms with E-state index in [1.165, 1.54) is 25.9 Å². The van der Waals surface area contributed by atoms with Crippen molar-refractivity contribution in [2.75, 3.05) is 32.7 Å². The van der Waals surface area contributed by atoms with Gasteiger partial charge in [0.05, 0.1) is 5.92 Å². The Kier molecular flexibility index (Phi) is 7.28. The van der Waals surface area contributed by atoms with E-state index in [-0.39, 0.29) is 11.8 Å². The van der Waals surface area contributed by atoms with Gasteiger partial charge >= 0.3 is 0 Å². The Labute approximate surface area is 111 Å². The maximum Gasteiger partial charge on any atom is 0.224 e. The molecule has 4 heteroatoms. The van der Waals surface area contributed by atoms with Gasteiger partial charge in [-0.25, -0.2) is 0 Å². The van der Waals surface area contributed by atoms with E-state index in [1.807, 2.05) is 0 Å². The Balaban J connectivity index is 2.14. The highest BCUT2D eigenvalue weighted by atomic mass is 16.1. The van der Waals surface area contributed by atoms with Crippen LogP contribution in [0.25, 0.3) is 0 Å². The fraction of sp³-hybridized carbons (Fsp3) is 0.929. The molecule has 0 bridgehead atoms. The predicted octanol–water partition coefficient (Wildman–Crippen LogP) is 1.21. The summed E-state index contributed by atoms with van der Waals surface area (Å²) in [5.41, 5.74) is 5.62. The predicted molar refractivity (Wildman–Crippen MR) is 75.3 cm³/mol. The Morgan fingerprint density at radius 1 is 1.44 bits per heavy atom.